The second-order valence-electron chi connectivity index (χ2n) is 2.83. The summed E-state index contributed by atoms with van der Waals surface area (Å²) in [6.45, 7) is 3.82. The molecule has 0 saturated heterocycles. The molecule has 0 spiro atoms. The summed E-state index contributed by atoms with van der Waals surface area (Å²) < 4.78 is 12.8. The van der Waals surface area contributed by atoms with Crippen molar-refractivity contribution >= 4 is 11.6 Å². The van der Waals surface area contributed by atoms with Gasteiger partial charge in [-0.15, -0.1) is 11.6 Å². The molecule has 0 radical (unpaired) electrons. The van der Waals surface area contributed by atoms with Gasteiger partial charge in [0.25, 0.3) is 0 Å². The maximum Gasteiger partial charge on any atom is 0.216 e. The van der Waals surface area contributed by atoms with Gasteiger partial charge < -0.3 is 0 Å². The zero-order valence-electron chi connectivity index (χ0n) is 7.01. The summed E-state index contributed by atoms with van der Waals surface area (Å²) in [6, 6.07) is 1.25. The quantitative estimate of drug-likeness (QED) is 0.527. The van der Waals surface area contributed by atoms with Gasteiger partial charge in [0.05, 0.1) is 11.6 Å². The van der Waals surface area contributed by atoms with Crippen LogP contribution in [0.4, 0.5) is 4.39 Å². The Morgan fingerprint density at radius 2 is 2.17 bits per heavy atom. The predicted octanol–water partition coefficient (Wildman–Crippen LogP) is 2.48. The molecular formula is C8H10ClFN2. The molecule has 0 aromatic carbocycles. The lowest BCUT2D eigenvalue weighted by Crippen LogP contribution is -2.02. The summed E-state index contributed by atoms with van der Waals surface area (Å²) in [4.78, 5) is 7.71. The zero-order chi connectivity index (χ0) is 9.14. The lowest BCUT2D eigenvalue weighted by atomic mass is 10.2. The van der Waals surface area contributed by atoms with Crippen molar-refractivity contribution in [2.24, 2.45) is 0 Å². The van der Waals surface area contributed by atoms with Gasteiger partial charge in [-0.3, -0.25) is 0 Å². The average Bonchev–Trinajstić information content (AvgIpc) is 2.03. The predicted molar refractivity (Wildman–Crippen MR) is 45.6 cm³/mol. The van der Waals surface area contributed by atoms with E-state index in [1.54, 1.807) is 0 Å². The van der Waals surface area contributed by atoms with Crippen LogP contribution in [0.2, 0.25) is 0 Å². The van der Waals surface area contributed by atoms with Crippen LogP contribution in [0.25, 0.3) is 0 Å². The van der Waals surface area contributed by atoms with Gasteiger partial charge in [-0.25, -0.2) is 9.97 Å². The Bertz CT molecular complexity index is 276. The smallest absolute Gasteiger partial charge is 0.216 e. The van der Waals surface area contributed by atoms with Crippen molar-refractivity contribution in [2.45, 2.75) is 25.6 Å². The van der Waals surface area contributed by atoms with Crippen LogP contribution in [-0.4, -0.2) is 9.97 Å². The van der Waals surface area contributed by atoms with Gasteiger partial charge in [0, 0.05) is 12.0 Å². The number of halogens is 2. The lowest BCUT2D eigenvalue weighted by Gasteiger charge is -2.04. The van der Waals surface area contributed by atoms with Gasteiger partial charge >= 0.3 is 0 Å². The Labute approximate surface area is 75.8 Å². The molecule has 66 valence electrons. The second-order valence-corrected chi connectivity index (χ2v) is 3.10. The minimum Gasteiger partial charge on any atom is -0.236 e. The Kier molecular flexibility index (Phi) is 2.98. The van der Waals surface area contributed by atoms with Gasteiger partial charge in [-0.05, 0) is 0 Å². The highest BCUT2D eigenvalue weighted by atomic mass is 35.5. The van der Waals surface area contributed by atoms with Gasteiger partial charge in [0.1, 0.15) is 5.82 Å². The molecule has 0 bridgehead atoms. The topological polar surface area (TPSA) is 25.8 Å². The molecule has 2 nitrogen and oxygen atoms in total. The third kappa shape index (κ3) is 2.14. The molecule has 0 saturated carbocycles. The summed E-state index contributed by atoms with van der Waals surface area (Å²) in [5.74, 6) is 0.344. The minimum absolute atomic E-state index is 0.127. The van der Waals surface area contributed by atoms with Crippen LogP contribution in [0.15, 0.2) is 6.07 Å². The molecular weight excluding hydrogens is 179 g/mol. The first-order chi connectivity index (χ1) is 5.63. The average molecular weight is 189 g/mol. The van der Waals surface area contributed by atoms with Crippen molar-refractivity contribution in [1.82, 2.24) is 9.97 Å². The highest BCUT2D eigenvalue weighted by Crippen LogP contribution is 2.11. The summed E-state index contributed by atoms with van der Waals surface area (Å²) in [5.41, 5.74) is 0.535. The molecule has 0 amide bonds. The van der Waals surface area contributed by atoms with Crippen molar-refractivity contribution < 1.29 is 4.39 Å². The third-order valence-corrected chi connectivity index (χ3v) is 1.69. The molecule has 1 heterocycles. The van der Waals surface area contributed by atoms with Gasteiger partial charge in [0.2, 0.25) is 5.95 Å². The fourth-order valence-electron chi connectivity index (χ4n) is 0.810. The van der Waals surface area contributed by atoms with Crippen LogP contribution in [0, 0.1) is 5.95 Å². The van der Waals surface area contributed by atoms with E-state index < -0.39 is 5.95 Å². The highest BCUT2D eigenvalue weighted by molar-refractivity contribution is 6.16. The van der Waals surface area contributed by atoms with Crippen molar-refractivity contribution in [3.63, 3.8) is 0 Å². The van der Waals surface area contributed by atoms with E-state index in [4.69, 9.17) is 11.6 Å². The molecule has 12 heavy (non-hydrogen) atoms. The van der Waals surface area contributed by atoms with Crippen LogP contribution in [-0.2, 0) is 5.88 Å². The Balaban J connectivity index is 3.06. The van der Waals surface area contributed by atoms with E-state index >= 15 is 0 Å². The van der Waals surface area contributed by atoms with E-state index in [0.29, 0.717) is 11.5 Å². The maximum atomic E-state index is 12.8. The SMILES string of the molecule is CC(C)c1nc(F)cc(CCl)n1. The molecule has 0 aliphatic rings. The van der Waals surface area contributed by atoms with Gasteiger partial charge in [0.15, 0.2) is 0 Å². The molecule has 0 unspecified atom stereocenters. The zero-order valence-corrected chi connectivity index (χ0v) is 7.77. The van der Waals surface area contributed by atoms with Crippen LogP contribution in [0.3, 0.4) is 0 Å². The molecule has 0 fully saturated rings. The summed E-state index contributed by atoms with van der Waals surface area (Å²) in [5, 5.41) is 0. The molecule has 0 atom stereocenters. The number of aromatic nitrogens is 2. The first-order valence-electron chi connectivity index (χ1n) is 3.72. The fraction of sp³-hybridized carbons (Fsp3) is 0.500. The molecule has 1 rings (SSSR count). The molecule has 4 heteroatoms. The van der Waals surface area contributed by atoms with E-state index in [9.17, 15) is 4.39 Å². The first kappa shape index (κ1) is 9.39. The maximum absolute atomic E-state index is 12.8. The minimum atomic E-state index is -0.510. The van der Waals surface area contributed by atoms with E-state index in [2.05, 4.69) is 9.97 Å². The van der Waals surface area contributed by atoms with E-state index in [1.807, 2.05) is 13.8 Å². The largest absolute Gasteiger partial charge is 0.236 e. The van der Waals surface area contributed by atoms with E-state index in [0.717, 1.165) is 0 Å². The Hall–Kier alpha value is -0.700. The number of rotatable bonds is 2. The molecule has 1 aromatic rings. The summed E-state index contributed by atoms with van der Waals surface area (Å²) in [7, 11) is 0. The highest BCUT2D eigenvalue weighted by Gasteiger charge is 2.06. The van der Waals surface area contributed by atoms with Crippen LogP contribution in [0.5, 0.6) is 0 Å². The second kappa shape index (κ2) is 3.81. The van der Waals surface area contributed by atoms with Crippen molar-refractivity contribution in [2.75, 3.05) is 0 Å². The van der Waals surface area contributed by atoms with E-state index in [-0.39, 0.29) is 11.8 Å². The van der Waals surface area contributed by atoms with Crippen molar-refractivity contribution in [3.8, 4) is 0 Å². The lowest BCUT2D eigenvalue weighted by molar-refractivity contribution is 0.559. The molecule has 0 aliphatic carbocycles. The molecule has 0 N–H and O–H groups in total. The summed E-state index contributed by atoms with van der Waals surface area (Å²) in [6.07, 6.45) is 0. The van der Waals surface area contributed by atoms with E-state index in [1.165, 1.54) is 6.07 Å². The van der Waals surface area contributed by atoms with Gasteiger partial charge in [-0.1, -0.05) is 13.8 Å². The van der Waals surface area contributed by atoms with Gasteiger partial charge in [-0.2, -0.15) is 4.39 Å². The Morgan fingerprint density at radius 1 is 1.50 bits per heavy atom. The first-order valence-corrected chi connectivity index (χ1v) is 4.26. The number of alkyl halides is 1. The van der Waals surface area contributed by atoms with Crippen LogP contribution in [0.1, 0.15) is 31.3 Å². The monoisotopic (exact) mass is 188 g/mol. The Morgan fingerprint density at radius 3 is 2.67 bits per heavy atom. The molecule has 0 aliphatic heterocycles. The third-order valence-electron chi connectivity index (χ3n) is 1.42. The fourth-order valence-corrected chi connectivity index (χ4v) is 0.947. The number of nitrogens with zero attached hydrogens (tertiary/aromatic N) is 2. The molecule has 1 aromatic heterocycles. The van der Waals surface area contributed by atoms with Crippen molar-refractivity contribution in [1.29, 1.82) is 0 Å². The number of hydrogen-bond acceptors (Lipinski definition) is 2. The number of hydrogen-bond donors (Lipinski definition) is 0. The normalized spacial score (nSPS) is 10.8. The summed E-state index contributed by atoms with van der Waals surface area (Å²) >= 11 is 5.52. The van der Waals surface area contributed by atoms with Crippen molar-refractivity contribution in [3.05, 3.63) is 23.5 Å². The van der Waals surface area contributed by atoms with Crippen LogP contribution < -0.4 is 0 Å². The van der Waals surface area contributed by atoms with Crippen LogP contribution >= 0.6 is 11.6 Å². The standard InChI is InChI=1S/C8H10ClFN2/c1-5(2)8-11-6(4-9)3-7(10)12-8/h3,5H,4H2,1-2H3.